The van der Waals surface area contributed by atoms with E-state index in [2.05, 4.69) is 4.98 Å². The van der Waals surface area contributed by atoms with Crippen LogP contribution in [0.25, 0.3) is 5.52 Å². The fourth-order valence-electron chi connectivity index (χ4n) is 3.49. The molecule has 0 unspecified atom stereocenters. The van der Waals surface area contributed by atoms with Gasteiger partial charge in [-0.2, -0.15) is 0 Å². The summed E-state index contributed by atoms with van der Waals surface area (Å²) in [4.78, 5) is 28.6. The summed E-state index contributed by atoms with van der Waals surface area (Å²) in [6.45, 7) is 1.49. The van der Waals surface area contributed by atoms with Gasteiger partial charge in [-0.05, 0) is 31.6 Å². The van der Waals surface area contributed by atoms with Gasteiger partial charge in [0.1, 0.15) is 11.2 Å². The zero-order chi connectivity index (χ0) is 16.1. The lowest BCUT2D eigenvalue weighted by Crippen LogP contribution is -2.30. The molecule has 1 saturated carbocycles. The van der Waals surface area contributed by atoms with Crippen molar-refractivity contribution in [1.82, 2.24) is 9.38 Å². The SMILES string of the molecule is COc1c(N2CCCC2)c(F)cn2c(=O)[nH]c(=O)c(C3CC3)c12. The van der Waals surface area contributed by atoms with Gasteiger partial charge in [-0.1, -0.05) is 0 Å². The van der Waals surface area contributed by atoms with Gasteiger partial charge in [0.2, 0.25) is 0 Å². The number of ether oxygens (including phenoxy) is 1. The molecule has 4 rings (SSSR count). The van der Waals surface area contributed by atoms with Crippen molar-refractivity contribution in [2.24, 2.45) is 0 Å². The van der Waals surface area contributed by atoms with Crippen molar-refractivity contribution in [3.8, 4) is 5.75 Å². The molecule has 1 N–H and O–H groups in total. The van der Waals surface area contributed by atoms with Crippen LogP contribution in [-0.2, 0) is 0 Å². The van der Waals surface area contributed by atoms with E-state index in [4.69, 9.17) is 4.74 Å². The molecule has 2 aromatic rings. The largest absolute Gasteiger partial charge is 0.492 e. The number of halogens is 1. The number of anilines is 1. The maximum Gasteiger partial charge on any atom is 0.333 e. The quantitative estimate of drug-likeness (QED) is 0.933. The molecule has 23 heavy (non-hydrogen) atoms. The van der Waals surface area contributed by atoms with Crippen LogP contribution in [0.1, 0.15) is 37.2 Å². The van der Waals surface area contributed by atoms with Crippen LogP contribution in [0.4, 0.5) is 10.1 Å². The van der Waals surface area contributed by atoms with Gasteiger partial charge in [-0.25, -0.2) is 9.18 Å². The van der Waals surface area contributed by atoms with Crippen LogP contribution in [0.2, 0.25) is 0 Å². The number of rotatable bonds is 3. The number of nitrogens with one attached hydrogen (secondary N) is 1. The van der Waals surface area contributed by atoms with Crippen molar-refractivity contribution >= 4 is 11.2 Å². The van der Waals surface area contributed by atoms with Gasteiger partial charge < -0.3 is 9.64 Å². The zero-order valence-corrected chi connectivity index (χ0v) is 12.9. The maximum atomic E-state index is 14.7. The van der Waals surface area contributed by atoms with E-state index < -0.39 is 17.1 Å². The number of nitrogens with zero attached hydrogens (tertiary/aromatic N) is 2. The Morgan fingerprint density at radius 1 is 1.26 bits per heavy atom. The summed E-state index contributed by atoms with van der Waals surface area (Å²) in [5.74, 6) is -0.107. The van der Waals surface area contributed by atoms with Crippen molar-refractivity contribution < 1.29 is 9.13 Å². The van der Waals surface area contributed by atoms with Gasteiger partial charge in [-0.3, -0.25) is 14.2 Å². The summed E-state index contributed by atoms with van der Waals surface area (Å²) in [7, 11) is 1.46. The molecule has 2 fully saturated rings. The second kappa shape index (κ2) is 5.11. The summed E-state index contributed by atoms with van der Waals surface area (Å²) in [6, 6.07) is 0. The van der Waals surface area contributed by atoms with Crippen molar-refractivity contribution in [1.29, 1.82) is 0 Å². The molecule has 0 spiro atoms. The molecule has 1 aliphatic heterocycles. The van der Waals surface area contributed by atoms with Crippen molar-refractivity contribution in [3.05, 3.63) is 38.4 Å². The highest BCUT2D eigenvalue weighted by molar-refractivity contribution is 5.78. The number of H-pyrrole nitrogens is 1. The minimum atomic E-state index is -0.639. The summed E-state index contributed by atoms with van der Waals surface area (Å²) in [6.07, 6.45) is 4.94. The molecule has 3 heterocycles. The van der Waals surface area contributed by atoms with Crippen LogP contribution in [0.3, 0.4) is 0 Å². The number of pyridine rings is 1. The smallest absolute Gasteiger partial charge is 0.333 e. The average molecular weight is 319 g/mol. The molecule has 0 amide bonds. The first-order valence-corrected chi connectivity index (χ1v) is 7.91. The second-order valence-corrected chi connectivity index (χ2v) is 6.22. The molecule has 7 heteroatoms. The standard InChI is InChI=1S/C16H18FN3O3/c1-23-14-12(19-6-2-3-7-19)10(17)8-20-13(14)11(9-4-5-9)15(21)18-16(20)22/h8-9H,2-7H2,1H3,(H,18,21,22). The molecule has 2 aliphatic rings. The zero-order valence-electron chi connectivity index (χ0n) is 12.9. The molecule has 0 bridgehead atoms. The average Bonchev–Trinajstić information content (AvgIpc) is 3.21. The van der Waals surface area contributed by atoms with Crippen molar-refractivity contribution in [2.75, 3.05) is 25.1 Å². The Labute approximate surface area is 131 Å². The predicted octanol–water partition coefficient (Wildman–Crippen LogP) is 1.61. The third kappa shape index (κ3) is 2.14. The van der Waals surface area contributed by atoms with Crippen molar-refractivity contribution in [2.45, 2.75) is 31.6 Å². The van der Waals surface area contributed by atoms with Crippen LogP contribution in [0.5, 0.6) is 5.75 Å². The Bertz CT molecular complexity index is 892. The Kier molecular flexibility index (Phi) is 3.18. The minimum Gasteiger partial charge on any atom is -0.492 e. The molecule has 1 aliphatic carbocycles. The van der Waals surface area contributed by atoms with Crippen LogP contribution < -0.4 is 20.9 Å². The van der Waals surface area contributed by atoms with Gasteiger partial charge in [0.15, 0.2) is 11.6 Å². The number of hydrogen-bond acceptors (Lipinski definition) is 4. The Balaban J connectivity index is 2.12. The van der Waals surface area contributed by atoms with E-state index in [1.807, 2.05) is 4.90 Å². The van der Waals surface area contributed by atoms with E-state index >= 15 is 0 Å². The van der Waals surface area contributed by atoms with Crippen molar-refractivity contribution in [3.63, 3.8) is 0 Å². The van der Waals surface area contributed by atoms with Crippen LogP contribution >= 0.6 is 0 Å². The lowest BCUT2D eigenvalue weighted by Gasteiger charge is -2.23. The summed E-state index contributed by atoms with van der Waals surface area (Å²) < 4.78 is 21.3. The number of aromatic nitrogens is 2. The van der Waals surface area contributed by atoms with E-state index in [0.717, 1.165) is 45.0 Å². The number of methoxy groups -OCH3 is 1. The fraction of sp³-hybridized carbons (Fsp3) is 0.500. The van der Waals surface area contributed by atoms with E-state index in [9.17, 15) is 14.0 Å². The summed E-state index contributed by atoms with van der Waals surface area (Å²) in [5.41, 5.74) is 0.264. The third-order valence-corrected chi connectivity index (χ3v) is 4.69. The molecular weight excluding hydrogens is 301 g/mol. The van der Waals surface area contributed by atoms with E-state index in [0.29, 0.717) is 16.8 Å². The number of hydrogen-bond donors (Lipinski definition) is 1. The lowest BCUT2D eigenvalue weighted by molar-refractivity contribution is 0.413. The number of aromatic amines is 1. The first-order valence-electron chi connectivity index (χ1n) is 7.91. The first kappa shape index (κ1) is 14.3. The van der Waals surface area contributed by atoms with Gasteiger partial charge in [0, 0.05) is 18.7 Å². The molecule has 6 nitrogen and oxygen atoms in total. The Morgan fingerprint density at radius 3 is 2.57 bits per heavy atom. The van der Waals surface area contributed by atoms with Crippen LogP contribution in [0, 0.1) is 5.82 Å². The molecule has 0 atom stereocenters. The fourth-order valence-corrected chi connectivity index (χ4v) is 3.49. The molecule has 2 aromatic heterocycles. The monoisotopic (exact) mass is 319 g/mol. The molecule has 0 radical (unpaired) electrons. The Hall–Kier alpha value is -2.31. The van der Waals surface area contributed by atoms with E-state index in [1.54, 1.807) is 0 Å². The topological polar surface area (TPSA) is 66.8 Å². The van der Waals surface area contributed by atoms with E-state index in [1.165, 1.54) is 11.5 Å². The van der Waals surface area contributed by atoms with Crippen LogP contribution in [-0.4, -0.2) is 29.6 Å². The second-order valence-electron chi connectivity index (χ2n) is 6.22. The van der Waals surface area contributed by atoms with E-state index in [-0.39, 0.29) is 11.7 Å². The van der Waals surface area contributed by atoms with Gasteiger partial charge >= 0.3 is 5.69 Å². The highest BCUT2D eigenvalue weighted by Gasteiger charge is 2.33. The highest BCUT2D eigenvalue weighted by Crippen LogP contribution is 2.44. The van der Waals surface area contributed by atoms with Crippen LogP contribution in [0.15, 0.2) is 15.8 Å². The maximum absolute atomic E-state index is 14.7. The lowest BCUT2D eigenvalue weighted by atomic mass is 10.1. The minimum absolute atomic E-state index is 0.111. The highest BCUT2D eigenvalue weighted by atomic mass is 19.1. The molecule has 122 valence electrons. The molecule has 1 saturated heterocycles. The summed E-state index contributed by atoms with van der Waals surface area (Å²) in [5, 5.41) is 0. The van der Waals surface area contributed by atoms with Gasteiger partial charge in [-0.15, -0.1) is 0 Å². The normalized spacial score (nSPS) is 17.9. The third-order valence-electron chi connectivity index (χ3n) is 4.69. The molecular formula is C16H18FN3O3. The van der Waals surface area contributed by atoms with Gasteiger partial charge in [0.05, 0.1) is 13.3 Å². The summed E-state index contributed by atoms with van der Waals surface area (Å²) >= 11 is 0. The number of fused-ring (bicyclic) bond motifs is 1. The Morgan fingerprint density at radius 2 is 1.96 bits per heavy atom. The van der Waals surface area contributed by atoms with Gasteiger partial charge in [0.25, 0.3) is 5.56 Å². The first-order chi connectivity index (χ1) is 11.1. The molecule has 0 aromatic carbocycles. The predicted molar refractivity (Wildman–Crippen MR) is 84.2 cm³/mol.